The average Bonchev–Trinajstić information content (AvgIpc) is 3.38. The second-order valence-corrected chi connectivity index (χ2v) is 9.20. The summed E-state index contributed by atoms with van der Waals surface area (Å²) >= 11 is 0. The number of hydrogen-bond donors (Lipinski definition) is 1. The van der Waals surface area contributed by atoms with Gasteiger partial charge < -0.3 is 29.4 Å². The molecule has 0 unspecified atom stereocenters. The summed E-state index contributed by atoms with van der Waals surface area (Å²) in [5.41, 5.74) is 3.52. The van der Waals surface area contributed by atoms with Gasteiger partial charge in [-0.05, 0) is 39.8 Å². The van der Waals surface area contributed by atoms with Gasteiger partial charge in [-0.2, -0.15) is 10.4 Å². The van der Waals surface area contributed by atoms with Crippen molar-refractivity contribution in [2.75, 3.05) is 12.3 Å². The summed E-state index contributed by atoms with van der Waals surface area (Å²) in [4.78, 5) is 16.2. The van der Waals surface area contributed by atoms with E-state index in [0.717, 1.165) is 13.8 Å². The highest BCUT2D eigenvalue weighted by Gasteiger charge is 2.64. The Morgan fingerprint density at radius 3 is 2.76 bits per heavy atom. The molecule has 2 aliphatic rings. The summed E-state index contributed by atoms with van der Waals surface area (Å²) in [5.74, 6) is -0.771. The summed E-state index contributed by atoms with van der Waals surface area (Å²) in [5, 5.41) is 13.8. The first-order valence-corrected chi connectivity index (χ1v) is 10.5. The number of ether oxygens (including phenoxy) is 5. The minimum atomic E-state index is -2.92. The number of nitriles is 1. The molecule has 4 atom stereocenters. The zero-order valence-corrected chi connectivity index (χ0v) is 19.0. The Bertz CT molecular complexity index is 1130. The molecule has 0 aliphatic carbocycles. The topological polar surface area (TPSA) is 143 Å². The number of aromatic nitrogens is 3. The monoisotopic (exact) mass is 481 g/mol. The predicted molar refractivity (Wildman–Crippen MR) is 111 cm³/mol. The molecule has 13 heteroatoms. The lowest BCUT2D eigenvalue weighted by atomic mass is 9.92. The highest BCUT2D eigenvalue weighted by atomic mass is 19.3. The molecule has 4 rings (SSSR count). The maximum Gasteiger partial charge on any atom is 0.509 e. The fraction of sp³-hybridized carbons (Fsp3) is 0.619. The number of anilines is 1. The predicted octanol–water partition coefficient (Wildman–Crippen LogP) is 2.75. The van der Waals surface area contributed by atoms with Crippen LogP contribution in [-0.4, -0.2) is 63.0 Å². The van der Waals surface area contributed by atoms with Gasteiger partial charge in [-0.1, -0.05) is 0 Å². The molecule has 11 nitrogen and oxygen atoms in total. The van der Waals surface area contributed by atoms with Gasteiger partial charge in [0.2, 0.25) is 0 Å². The van der Waals surface area contributed by atoms with E-state index < -0.39 is 54.5 Å². The maximum atomic E-state index is 13.1. The van der Waals surface area contributed by atoms with Crippen LogP contribution < -0.4 is 5.73 Å². The van der Waals surface area contributed by atoms with Crippen LogP contribution in [0.5, 0.6) is 0 Å². The molecule has 184 valence electrons. The normalized spacial score (nSPS) is 28.1. The van der Waals surface area contributed by atoms with Crippen molar-refractivity contribution < 1.29 is 37.3 Å². The number of nitrogens with zero attached hydrogens (tertiary/aromatic N) is 4. The van der Waals surface area contributed by atoms with Crippen molar-refractivity contribution in [2.24, 2.45) is 0 Å². The standard InChI is InChI=1S/C21H25F2N5O6/c1-19(2,17(22)23)34-18(29)30-9-21(7-8-24)15-14(31-20(3,4)33-15)13(32-21)11-5-6-12-16(25)26-10-27-28(11)12/h5-6,10,13-15,17H,7,9H2,1-4H3,(H2,25,26,27)/t13-,14-,15-,21+/m0/s1. The first-order valence-electron chi connectivity index (χ1n) is 10.5. The second kappa shape index (κ2) is 8.30. The molecule has 2 N–H and O–H groups in total. The van der Waals surface area contributed by atoms with E-state index in [2.05, 4.69) is 10.1 Å². The second-order valence-electron chi connectivity index (χ2n) is 9.20. The smallest absolute Gasteiger partial charge is 0.431 e. The fourth-order valence-corrected chi connectivity index (χ4v) is 4.13. The average molecular weight is 481 g/mol. The van der Waals surface area contributed by atoms with Crippen LogP contribution >= 0.6 is 0 Å². The van der Waals surface area contributed by atoms with Crippen LogP contribution in [0.25, 0.3) is 5.52 Å². The largest absolute Gasteiger partial charge is 0.509 e. The SMILES string of the molecule is CC1(C)O[C@H]2[C@H](c3ccc4c(N)ncnn34)O[C@](CC#N)(COC(=O)OC(C)(C)C(F)F)[C@H]2O1. The van der Waals surface area contributed by atoms with Crippen molar-refractivity contribution in [1.29, 1.82) is 5.26 Å². The van der Waals surface area contributed by atoms with E-state index in [-0.39, 0.29) is 12.2 Å². The van der Waals surface area contributed by atoms with Gasteiger partial charge in [0.1, 0.15) is 42.4 Å². The lowest BCUT2D eigenvalue weighted by molar-refractivity contribution is -0.218. The molecule has 2 saturated heterocycles. The molecule has 0 aromatic carbocycles. The van der Waals surface area contributed by atoms with E-state index in [0.29, 0.717) is 11.2 Å². The van der Waals surface area contributed by atoms with Crippen molar-refractivity contribution in [1.82, 2.24) is 14.6 Å². The number of fused-ring (bicyclic) bond motifs is 2. The minimum absolute atomic E-state index is 0.240. The van der Waals surface area contributed by atoms with Gasteiger partial charge in [0.25, 0.3) is 6.43 Å². The Balaban J connectivity index is 1.65. The number of alkyl halides is 2. The molecule has 0 radical (unpaired) electrons. The van der Waals surface area contributed by atoms with Gasteiger partial charge in [0, 0.05) is 0 Å². The van der Waals surface area contributed by atoms with Crippen LogP contribution in [0.15, 0.2) is 18.5 Å². The first-order chi connectivity index (χ1) is 15.9. The maximum absolute atomic E-state index is 13.1. The number of halogens is 2. The van der Waals surface area contributed by atoms with Crippen LogP contribution in [0.2, 0.25) is 0 Å². The number of carbonyl (C=O) groups is 1. The van der Waals surface area contributed by atoms with Gasteiger partial charge in [0.05, 0.1) is 18.2 Å². The first kappa shape index (κ1) is 24.1. The van der Waals surface area contributed by atoms with Crippen LogP contribution in [0, 0.1) is 11.3 Å². The minimum Gasteiger partial charge on any atom is -0.431 e. The van der Waals surface area contributed by atoms with E-state index in [1.54, 1.807) is 30.5 Å². The van der Waals surface area contributed by atoms with E-state index in [1.165, 1.54) is 6.33 Å². The zero-order chi connectivity index (χ0) is 24.9. The van der Waals surface area contributed by atoms with E-state index in [4.69, 9.17) is 29.4 Å². The Morgan fingerprint density at radius 1 is 1.35 bits per heavy atom. The number of rotatable bonds is 6. The summed E-state index contributed by atoms with van der Waals surface area (Å²) in [7, 11) is 0. The molecule has 2 fully saturated rings. The molecule has 0 bridgehead atoms. The van der Waals surface area contributed by atoms with Gasteiger partial charge in [0.15, 0.2) is 17.2 Å². The molecule has 2 aromatic rings. The van der Waals surface area contributed by atoms with E-state index >= 15 is 0 Å². The third-order valence-corrected chi connectivity index (χ3v) is 5.79. The Labute approximate surface area is 193 Å². The molecule has 2 aliphatic heterocycles. The Kier molecular flexibility index (Phi) is 5.87. The number of carbonyl (C=O) groups excluding carboxylic acids is 1. The molecule has 0 saturated carbocycles. The molecular weight excluding hydrogens is 456 g/mol. The zero-order valence-electron chi connectivity index (χ0n) is 19.0. The van der Waals surface area contributed by atoms with Crippen molar-refractivity contribution in [3.8, 4) is 6.07 Å². The van der Waals surface area contributed by atoms with Crippen molar-refractivity contribution in [2.45, 2.75) is 75.8 Å². The Morgan fingerprint density at radius 2 is 2.09 bits per heavy atom. The van der Waals surface area contributed by atoms with Crippen LogP contribution in [0.1, 0.15) is 45.9 Å². The number of hydrogen-bond acceptors (Lipinski definition) is 10. The van der Waals surface area contributed by atoms with Crippen LogP contribution in [0.3, 0.4) is 0 Å². The van der Waals surface area contributed by atoms with Gasteiger partial charge in [-0.3, -0.25) is 0 Å². The van der Waals surface area contributed by atoms with Gasteiger partial charge in [-0.15, -0.1) is 0 Å². The molecular formula is C21H25F2N5O6. The van der Waals surface area contributed by atoms with E-state index in [1.807, 2.05) is 6.07 Å². The van der Waals surface area contributed by atoms with Gasteiger partial charge >= 0.3 is 6.16 Å². The molecule has 2 aromatic heterocycles. The van der Waals surface area contributed by atoms with Gasteiger partial charge in [-0.25, -0.2) is 23.1 Å². The lowest BCUT2D eigenvalue weighted by Crippen LogP contribution is -2.48. The number of nitrogens with two attached hydrogens (primary N) is 1. The van der Waals surface area contributed by atoms with Crippen molar-refractivity contribution >= 4 is 17.5 Å². The van der Waals surface area contributed by atoms with E-state index in [9.17, 15) is 18.8 Å². The highest BCUT2D eigenvalue weighted by molar-refractivity contribution is 5.65. The fourth-order valence-electron chi connectivity index (χ4n) is 4.13. The quantitative estimate of drug-likeness (QED) is 0.612. The lowest BCUT2D eigenvalue weighted by Gasteiger charge is -2.33. The summed E-state index contributed by atoms with van der Waals surface area (Å²) in [6.45, 7) is 5.04. The Hall–Kier alpha value is -3.08. The molecule has 4 heterocycles. The number of nitrogen functional groups attached to an aromatic ring is 1. The summed E-state index contributed by atoms with van der Waals surface area (Å²) in [6, 6.07) is 5.48. The van der Waals surface area contributed by atoms with Crippen LogP contribution in [-0.2, 0) is 23.7 Å². The highest BCUT2D eigenvalue weighted by Crippen LogP contribution is 2.51. The molecule has 0 amide bonds. The van der Waals surface area contributed by atoms with Crippen molar-refractivity contribution in [3.63, 3.8) is 0 Å². The molecule has 0 spiro atoms. The summed E-state index contributed by atoms with van der Waals surface area (Å²) < 4.78 is 56.1. The third-order valence-electron chi connectivity index (χ3n) is 5.79. The van der Waals surface area contributed by atoms with Crippen molar-refractivity contribution in [3.05, 3.63) is 24.2 Å². The summed E-state index contributed by atoms with van der Waals surface area (Å²) in [6.07, 6.45) is -5.50. The third kappa shape index (κ3) is 4.13. The van der Waals surface area contributed by atoms with Crippen LogP contribution in [0.4, 0.5) is 19.4 Å². The molecule has 34 heavy (non-hydrogen) atoms.